The average Bonchev–Trinajstić information content (AvgIpc) is 3.29. The third-order valence-corrected chi connectivity index (χ3v) is 4.56. The van der Waals surface area contributed by atoms with E-state index in [4.69, 9.17) is 5.73 Å². The molecule has 3 heteroatoms. The lowest BCUT2D eigenvalue weighted by atomic mass is 9.83. The number of amides is 1. The number of rotatable bonds is 4. The van der Waals surface area contributed by atoms with Gasteiger partial charge in [-0.15, -0.1) is 0 Å². The molecule has 2 aliphatic carbocycles. The molecule has 2 aliphatic rings. The molecule has 2 fully saturated rings. The summed E-state index contributed by atoms with van der Waals surface area (Å²) in [5, 5.41) is 3.02. The smallest absolute Gasteiger partial charge is 0.251 e. The molecule has 1 aromatic carbocycles. The third kappa shape index (κ3) is 3.33. The Hall–Kier alpha value is -1.51. The van der Waals surface area contributed by atoms with Gasteiger partial charge in [-0.1, -0.05) is 19.3 Å². The lowest BCUT2D eigenvalue weighted by Crippen LogP contribution is -2.25. The molecule has 20 heavy (non-hydrogen) atoms. The first-order valence-corrected chi connectivity index (χ1v) is 7.91. The first-order valence-electron chi connectivity index (χ1n) is 7.91. The second-order valence-corrected chi connectivity index (χ2v) is 6.38. The summed E-state index contributed by atoms with van der Waals surface area (Å²) in [5.41, 5.74) is 8.68. The molecule has 3 rings (SSSR count). The quantitative estimate of drug-likeness (QED) is 0.825. The summed E-state index contributed by atoms with van der Waals surface area (Å²) in [6.07, 6.45) is 8.90. The Morgan fingerprint density at radius 3 is 2.55 bits per heavy atom. The van der Waals surface area contributed by atoms with Crippen molar-refractivity contribution in [3.8, 4) is 0 Å². The summed E-state index contributed by atoms with van der Waals surface area (Å²) < 4.78 is 0. The topological polar surface area (TPSA) is 55.1 Å². The average molecular weight is 272 g/mol. The van der Waals surface area contributed by atoms with Gasteiger partial charge in [0.25, 0.3) is 5.91 Å². The van der Waals surface area contributed by atoms with Gasteiger partial charge in [-0.2, -0.15) is 0 Å². The van der Waals surface area contributed by atoms with Gasteiger partial charge in [-0.25, -0.2) is 0 Å². The summed E-state index contributed by atoms with van der Waals surface area (Å²) in [6.45, 7) is 0.812. The monoisotopic (exact) mass is 272 g/mol. The van der Waals surface area contributed by atoms with Gasteiger partial charge in [-0.3, -0.25) is 4.79 Å². The van der Waals surface area contributed by atoms with Crippen LogP contribution in [0.15, 0.2) is 18.2 Å². The van der Waals surface area contributed by atoms with Crippen molar-refractivity contribution in [3.63, 3.8) is 0 Å². The maximum Gasteiger partial charge on any atom is 0.251 e. The largest absolute Gasteiger partial charge is 0.399 e. The van der Waals surface area contributed by atoms with E-state index in [0.717, 1.165) is 12.1 Å². The molecule has 0 aliphatic heterocycles. The lowest BCUT2D eigenvalue weighted by molar-refractivity contribution is 0.0951. The van der Waals surface area contributed by atoms with Gasteiger partial charge in [0.05, 0.1) is 0 Å². The number of carbonyl (C=O) groups excluding carboxylic acids is 1. The van der Waals surface area contributed by atoms with Crippen LogP contribution in [0.4, 0.5) is 5.69 Å². The minimum Gasteiger partial charge on any atom is -0.399 e. The van der Waals surface area contributed by atoms with Crippen molar-refractivity contribution in [1.82, 2.24) is 5.32 Å². The van der Waals surface area contributed by atoms with Crippen LogP contribution in [0.2, 0.25) is 0 Å². The Morgan fingerprint density at radius 1 is 1.10 bits per heavy atom. The minimum atomic E-state index is 0.0289. The van der Waals surface area contributed by atoms with E-state index in [1.165, 1.54) is 50.5 Å². The molecule has 0 atom stereocenters. The highest BCUT2D eigenvalue weighted by Gasteiger charge is 2.22. The van der Waals surface area contributed by atoms with Gasteiger partial charge in [0.2, 0.25) is 0 Å². The maximum absolute atomic E-state index is 12.2. The van der Waals surface area contributed by atoms with Gasteiger partial charge in [0.15, 0.2) is 0 Å². The SMILES string of the molecule is Nc1cc(C(=O)NCC2CC2)cc(C2CCCCC2)c1. The molecular formula is C17H24N2O. The highest BCUT2D eigenvalue weighted by molar-refractivity contribution is 5.95. The fourth-order valence-electron chi connectivity index (χ4n) is 3.14. The maximum atomic E-state index is 12.2. The van der Waals surface area contributed by atoms with Crippen molar-refractivity contribution >= 4 is 11.6 Å². The van der Waals surface area contributed by atoms with Crippen molar-refractivity contribution in [2.75, 3.05) is 12.3 Å². The molecule has 0 unspecified atom stereocenters. The predicted molar refractivity (Wildman–Crippen MR) is 81.7 cm³/mol. The van der Waals surface area contributed by atoms with Crippen LogP contribution in [0.1, 0.15) is 66.8 Å². The van der Waals surface area contributed by atoms with Gasteiger partial charge in [0, 0.05) is 17.8 Å². The number of hydrogen-bond acceptors (Lipinski definition) is 2. The van der Waals surface area contributed by atoms with Crippen molar-refractivity contribution < 1.29 is 4.79 Å². The van der Waals surface area contributed by atoms with Crippen LogP contribution in [-0.4, -0.2) is 12.5 Å². The number of carbonyl (C=O) groups is 1. The van der Waals surface area contributed by atoms with E-state index in [2.05, 4.69) is 11.4 Å². The molecule has 0 spiro atoms. The predicted octanol–water partition coefficient (Wildman–Crippen LogP) is 3.46. The number of nitrogens with two attached hydrogens (primary N) is 1. The molecule has 108 valence electrons. The molecule has 0 aromatic heterocycles. The Morgan fingerprint density at radius 2 is 1.85 bits per heavy atom. The van der Waals surface area contributed by atoms with Crippen LogP contribution in [0.3, 0.4) is 0 Å². The second kappa shape index (κ2) is 5.86. The molecule has 3 nitrogen and oxygen atoms in total. The zero-order valence-corrected chi connectivity index (χ0v) is 12.0. The van der Waals surface area contributed by atoms with Crippen LogP contribution in [0.5, 0.6) is 0 Å². The Labute approximate surface area is 120 Å². The van der Waals surface area contributed by atoms with Gasteiger partial charge >= 0.3 is 0 Å². The van der Waals surface area contributed by atoms with Crippen LogP contribution < -0.4 is 11.1 Å². The molecule has 0 saturated heterocycles. The summed E-state index contributed by atoms with van der Waals surface area (Å²) in [5.74, 6) is 1.32. The van der Waals surface area contributed by atoms with Crippen molar-refractivity contribution in [2.24, 2.45) is 5.92 Å². The van der Waals surface area contributed by atoms with Gasteiger partial charge in [0.1, 0.15) is 0 Å². The molecule has 1 amide bonds. The first kappa shape index (κ1) is 13.5. The van der Waals surface area contributed by atoms with Crippen molar-refractivity contribution in [2.45, 2.75) is 50.9 Å². The summed E-state index contributed by atoms with van der Waals surface area (Å²) >= 11 is 0. The van der Waals surface area contributed by atoms with E-state index < -0.39 is 0 Å². The normalized spacial score (nSPS) is 19.8. The van der Waals surface area contributed by atoms with E-state index in [1.54, 1.807) is 6.07 Å². The minimum absolute atomic E-state index is 0.0289. The van der Waals surface area contributed by atoms with E-state index >= 15 is 0 Å². The molecule has 0 bridgehead atoms. The molecule has 3 N–H and O–H groups in total. The van der Waals surface area contributed by atoms with Crippen LogP contribution in [0.25, 0.3) is 0 Å². The molecule has 1 aromatic rings. The Kier molecular flexibility index (Phi) is 3.95. The van der Waals surface area contributed by atoms with Crippen LogP contribution in [-0.2, 0) is 0 Å². The van der Waals surface area contributed by atoms with E-state index in [-0.39, 0.29) is 5.91 Å². The number of nitrogens with one attached hydrogen (secondary N) is 1. The zero-order chi connectivity index (χ0) is 13.9. The first-order chi connectivity index (χ1) is 9.72. The standard InChI is InChI=1S/C17H24N2O/c18-16-9-14(13-4-2-1-3-5-13)8-15(10-16)17(20)19-11-12-6-7-12/h8-10,12-13H,1-7,11,18H2,(H,19,20). The summed E-state index contributed by atoms with van der Waals surface area (Å²) in [7, 11) is 0. The highest BCUT2D eigenvalue weighted by Crippen LogP contribution is 2.34. The van der Waals surface area contributed by atoms with E-state index in [0.29, 0.717) is 17.5 Å². The van der Waals surface area contributed by atoms with Crippen molar-refractivity contribution in [3.05, 3.63) is 29.3 Å². The Bertz CT molecular complexity index is 488. The molecular weight excluding hydrogens is 248 g/mol. The highest BCUT2D eigenvalue weighted by atomic mass is 16.1. The summed E-state index contributed by atoms with van der Waals surface area (Å²) in [4.78, 5) is 12.2. The van der Waals surface area contributed by atoms with E-state index in [1.807, 2.05) is 6.07 Å². The zero-order valence-electron chi connectivity index (χ0n) is 12.0. The second-order valence-electron chi connectivity index (χ2n) is 6.38. The van der Waals surface area contributed by atoms with E-state index in [9.17, 15) is 4.79 Å². The third-order valence-electron chi connectivity index (χ3n) is 4.56. The van der Waals surface area contributed by atoms with Crippen LogP contribution in [0, 0.1) is 5.92 Å². The van der Waals surface area contributed by atoms with Crippen molar-refractivity contribution in [1.29, 1.82) is 0 Å². The fraction of sp³-hybridized carbons (Fsp3) is 0.588. The lowest BCUT2D eigenvalue weighted by Gasteiger charge is -2.22. The summed E-state index contributed by atoms with van der Waals surface area (Å²) in [6, 6.07) is 5.90. The molecule has 0 radical (unpaired) electrons. The number of nitrogen functional groups attached to an aromatic ring is 1. The molecule has 2 saturated carbocycles. The number of benzene rings is 1. The fourth-order valence-corrected chi connectivity index (χ4v) is 3.14. The molecule has 0 heterocycles. The number of hydrogen-bond donors (Lipinski definition) is 2. The Balaban J connectivity index is 1.72. The number of anilines is 1. The van der Waals surface area contributed by atoms with Crippen LogP contribution >= 0.6 is 0 Å². The van der Waals surface area contributed by atoms with Gasteiger partial charge < -0.3 is 11.1 Å². The van der Waals surface area contributed by atoms with Gasteiger partial charge in [-0.05, 0) is 61.3 Å².